The molecule has 8 heteroatoms. The number of hydrogen-bond donors (Lipinski definition) is 1. The van der Waals surface area contributed by atoms with Crippen LogP contribution in [0.4, 0.5) is 9.18 Å². The molecule has 3 aromatic rings. The van der Waals surface area contributed by atoms with Crippen molar-refractivity contribution in [3.8, 4) is 17.0 Å². The van der Waals surface area contributed by atoms with E-state index in [4.69, 9.17) is 14.4 Å². The number of carbonyl (C=O) groups is 1. The Kier molecular flexibility index (Phi) is 4.69. The minimum atomic E-state index is -0.728. The van der Waals surface area contributed by atoms with Crippen molar-refractivity contribution in [2.75, 3.05) is 0 Å². The van der Waals surface area contributed by atoms with Crippen LogP contribution in [-0.2, 0) is 4.74 Å². The van der Waals surface area contributed by atoms with E-state index in [1.165, 1.54) is 18.3 Å². The number of pyridine rings is 1. The minimum absolute atomic E-state index is 0.0353. The van der Waals surface area contributed by atoms with Crippen LogP contribution in [0, 0.1) is 5.82 Å². The van der Waals surface area contributed by atoms with E-state index in [-0.39, 0.29) is 17.3 Å². The summed E-state index contributed by atoms with van der Waals surface area (Å²) in [6, 6.07) is 9.34. The third-order valence-corrected chi connectivity index (χ3v) is 3.55. The van der Waals surface area contributed by atoms with Crippen molar-refractivity contribution in [2.24, 2.45) is 0 Å². The fraction of sp³-hybridized carbons (Fsp3) is 0.222. The quantitative estimate of drug-likeness (QED) is 0.728. The number of nitrogens with zero attached hydrogens (tertiary/aromatic N) is 2. The third kappa shape index (κ3) is 3.55. The molecule has 0 atom stereocenters. The van der Waals surface area contributed by atoms with Gasteiger partial charge in [0.15, 0.2) is 11.5 Å². The van der Waals surface area contributed by atoms with Crippen molar-refractivity contribution in [3.05, 3.63) is 48.4 Å². The summed E-state index contributed by atoms with van der Waals surface area (Å²) in [6.45, 7) is 5.21. The summed E-state index contributed by atoms with van der Waals surface area (Å²) < 4.78 is 25.2. The molecule has 133 valence electrons. The standard InChI is InChI=1S/C18H17BFN2O4/c1-18(2,3)25-17(23)22-15(26-19-24)10-14-13(7-8-21-16(14)22)11-5-4-6-12(20)9-11/h4-10,24H,1-3H3. The van der Waals surface area contributed by atoms with Crippen molar-refractivity contribution < 1.29 is 23.6 Å². The maximum Gasteiger partial charge on any atom is 0.570 e. The number of carbonyl (C=O) groups excluding carboxylic acids is 1. The zero-order valence-electron chi connectivity index (χ0n) is 14.6. The van der Waals surface area contributed by atoms with Crippen LogP contribution in [0.1, 0.15) is 20.8 Å². The van der Waals surface area contributed by atoms with Crippen LogP contribution >= 0.6 is 0 Å². The highest BCUT2D eigenvalue weighted by Crippen LogP contribution is 2.33. The van der Waals surface area contributed by atoms with E-state index in [2.05, 4.69) is 4.98 Å². The highest BCUT2D eigenvalue weighted by atomic mass is 19.1. The molecular weight excluding hydrogens is 338 g/mol. The van der Waals surface area contributed by atoms with Crippen LogP contribution in [0.15, 0.2) is 42.6 Å². The lowest BCUT2D eigenvalue weighted by Gasteiger charge is -2.20. The Morgan fingerprint density at radius 1 is 1.27 bits per heavy atom. The summed E-state index contributed by atoms with van der Waals surface area (Å²) >= 11 is 0. The average molecular weight is 355 g/mol. The van der Waals surface area contributed by atoms with Gasteiger partial charge < -0.3 is 14.4 Å². The number of aromatic nitrogens is 2. The Bertz CT molecular complexity index is 965. The van der Waals surface area contributed by atoms with Gasteiger partial charge in [0.2, 0.25) is 0 Å². The molecule has 0 aliphatic heterocycles. The Morgan fingerprint density at radius 2 is 2.04 bits per heavy atom. The molecule has 0 amide bonds. The van der Waals surface area contributed by atoms with Gasteiger partial charge in [-0.2, -0.15) is 4.57 Å². The first kappa shape index (κ1) is 17.9. The molecule has 6 nitrogen and oxygen atoms in total. The molecule has 0 aliphatic carbocycles. The largest absolute Gasteiger partial charge is 0.570 e. The van der Waals surface area contributed by atoms with Crippen LogP contribution in [0.3, 0.4) is 0 Å². The molecule has 0 spiro atoms. The zero-order valence-corrected chi connectivity index (χ0v) is 14.6. The molecule has 2 heterocycles. The second kappa shape index (κ2) is 6.80. The van der Waals surface area contributed by atoms with E-state index >= 15 is 0 Å². The molecule has 1 aromatic carbocycles. The van der Waals surface area contributed by atoms with Crippen molar-refractivity contribution in [2.45, 2.75) is 26.4 Å². The van der Waals surface area contributed by atoms with Crippen LogP contribution in [0.5, 0.6) is 5.88 Å². The summed E-state index contributed by atoms with van der Waals surface area (Å²) in [5.41, 5.74) is 0.837. The molecule has 0 unspecified atom stereocenters. The fourth-order valence-electron chi connectivity index (χ4n) is 2.61. The van der Waals surface area contributed by atoms with E-state index in [0.717, 1.165) is 4.57 Å². The van der Waals surface area contributed by atoms with Gasteiger partial charge in [0.05, 0.1) is 0 Å². The van der Waals surface area contributed by atoms with Gasteiger partial charge >= 0.3 is 13.8 Å². The normalized spacial score (nSPS) is 11.4. The smallest absolute Gasteiger partial charge is 0.524 e. The summed E-state index contributed by atoms with van der Waals surface area (Å²) in [7, 11) is 0.469. The second-order valence-corrected chi connectivity index (χ2v) is 6.63. The third-order valence-electron chi connectivity index (χ3n) is 3.55. The van der Waals surface area contributed by atoms with Crippen molar-refractivity contribution in [1.82, 2.24) is 9.55 Å². The molecule has 0 saturated carbocycles. The maximum absolute atomic E-state index is 13.6. The summed E-state index contributed by atoms with van der Waals surface area (Å²) in [6.07, 6.45) is 0.809. The van der Waals surface area contributed by atoms with E-state index in [0.29, 0.717) is 24.2 Å². The summed E-state index contributed by atoms with van der Waals surface area (Å²) in [4.78, 5) is 16.8. The Labute approximate surface area is 150 Å². The Balaban J connectivity index is 2.20. The number of ether oxygens (including phenoxy) is 1. The SMILES string of the molecule is CC(C)(C)OC(=O)n1c(O[B]O)cc2c(-c3cccc(F)c3)ccnc21. The van der Waals surface area contributed by atoms with E-state index in [1.54, 1.807) is 45.0 Å². The predicted octanol–water partition coefficient (Wildman–Crippen LogP) is 3.53. The fourth-order valence-corrected chi connectivity index (χ4v) is 2.61. The van der Waals surface area contributed by atoms with Crippen LogP contribution in [-0.4, -0.2) is 34.0 Å². The van der Waals surface area contributed by atoms with Gasteiger partial charge in [-0.3, -0.25) is 0 Å². The van der Waals surface area contributed by atoms with Crippen molar-refractivity contribution in [1.29, 1.82) is 0 Å². The molecule has 1 N–H and O–H groups in total. The average Bonchev–Trinajstić information content (AvgIpc) is 2.91. The number of fused-ring (bicyclic) bond motifs is 1. The van der Waals surface area contributed by atoms with Crippen molar-refractivity contribution in [3.63, 3.8) is 0 Å². The molecule has 3 rings (SSSR count). The molecular formula is C18H17BFN2O4. The minimum Gasteiger partial charge on any atom is -0.524 e. The molecule has 0 fully saturated rings. The van der Waals surface area contributed by atoms with Gasteiger partial charge in [-0.15, -0.1) is 0 Å². The van der Waals surface area contributed by atoms with Gasteiger partial charge in [-0.1, -0.05) is 12.1 Å². The molecule has 26 heavy (non-hydrogen) atoms. The molecule has 0 aliphatic rings. The Hall–Kier alpha value is -2.87. The van der Waals surface area contributed by atoms with Crippen LogP contribution in [0.25, 0.3) is 22.2 Å². The molecule has 1 radical (unpaired) electrons. The Morgan fingerprint density at radius 3 is 2.69 bits per heavy atom. The molecule has 0 bridgehead atoms. The number of benzene rings is 1. The predicted molar refractivity (Wildman–Crippen MR) is 95.4 cm³/mol. The lowest BCUT2D eigenvalue weighted by atomic mass is 10.0. The van der Waals surface area contributed by atoms with Crippen LogP contribution < -0.4 is 4.65 Å². The highest BCUT2D eigenvalue weighted by Gasteiger charge is 2.25. The molecule has 0 saturated heterocycles. The van der Waals surface area contributed by atoms with Crippen molar-refractivity contribution >= 4 is 24.8 Å². The number of hydrogen-bond acceptors (Lipinski definition) is 5. The maximum atomic E-state index is 13.6. The lowest BCUT2D eigenvalue weighted by molar-refractivity contribution is 0.0536. The van der Waals surface area contributed by atoms with Gasteiger partial charge in [0, 0.05) is 17.6 Å². The summed E-state index contributed by atoms with van der Waals surface area (Å²) in [5, 5.41) is 9.58. The van der Waals surface area contributed by atoms with Gasteiger partial charge in [-0.25, -0.2) is 14.2 Å². The van der Waals surface area contributed by atoms with Gasteiger partial charge in [0.1, 0.15) is 11.4 Å². The number of halogens is 1. The topological polar surface area (TPSA) is 73.6 Å². The van der Waals surface area contributed by atoms with E-state index < -0.39 is 11.7 Å². The second-order valence-electron chi connectivity index (χ2n) is 6.63. The first-order valence-electron chi connectivity index (χ1n) is 7.92. The van der Waals surface area contributed by atoms with E-state index in [1.807, 2.05) is 0 Å². The summed E-state index contributed by atoms with van der Waals surface area (Å²) in [5.74, 6) is -0.340. The number of rotatable bonds is 3. The highest BCUT2D eigenvalue weighted by molar-refractivity contribution is 6.17. The zero-order chi connectivity index (χ0) is 18.9. The monoisotopic (exact) mass is 355 g/mol. The molecule has 2 aromatic heterocycles. The lowest BCUT2D eigenvalue weighted by Crippen LogP contribution is -2.27. The van der Waals surface area contributed by atoms with Gasteiger partial charge in [-0.05, 0) is 50.1 Å². The van der Waals surface area contributed by atoms with E-state index in [9.17, 15) is 9.18 Å². The first-order chi connectivity index (χ1) is 12.3. The first-order valence-corrected chi connectivity index (χ1v) is 7.92. The van der Waals surface area contributed by atoms with Crippen LogP contribution in [0.2, 0.25) is 0 Å². The van der Waals surface area contributed by atoms with Gasteiger partial charge in [0.25, 0.3) is 0 Å².